The number of esters is 1. The number of aliphatic hydroxyl groups excluding tert-OH is 2. The molecule has 1 aromatic carbocycles. The second kappa shape index (κ2) is 10.5. The van der Waals surface area contributed by atoms with Gasteiger partial charge in [-0.15, -0.1) is 0 Å². The van der Waals surface area contributed by atoms with Crippen LogP contribution in [0.2, 0.25) is 0 Å². The van der Waals surface area contributed by atoms with E-state index in [2.05, 4.69) is 6.58 Å². The highest BCUT2D eigenvalue weighted by atomic mass is 16.8. The molecule has 204 valence electrons. The number of hydrogen-bond acceptors (Lipinski definition) is 10. The first-order chi connectivity index (χ1) is 17.3. The molecule has 0 aliphatic carbocycles. The molecule has 2 unspecified atom stereocenters. The molecule has 0 radical (unpaired) electrons. The molecule has 1 aromatic rings. The number of carboxylic acids is 2. The molecule has 0 spiro atoms. The lowest BCUT2D eigenvalue weighted by Crippen LogP contribution is -2.77. The number of nitrogens with two attached hydrogens (primary N) is 1. The smallest absolute Gasteiger partial charge is 0.342 e. The summed E-state index contributed by atoms with van der Waals surface area (Å²) in [5.41, 5.74) is 0.520. The summed E-state index contributed by atoms with van der Waals surface area (Å²) in [5, 5.41) is 52.1. The molecule has 37 heavy (non-hydrogen) atoms. The van der Waals surface area contributed by atoms with Crippen LogP contribution in [0.15, 0.2) is 42.5 Å². The van der Waals surface area contributed by atoms with Gasteiger partial charge in [0.1, 0.15) is 24.4 Å². The van der Waals surface area contributed by atoms with Crippen molar-refractivity contribution in [2.75, 3.05) is 6.54 Å². The van der Waals surface area contributed by atoms with Gasteiger partial charge in [0.15, 0.2) is 5.79 Å². The van der Waals surface area contributed by atoms with Crippen molar-refractivity contribution in [1.29, 1.82) is 0 Å². The molecule has 7 N–H and O–H groups in total. The first-order valence-electron chi connectivity index (χ1n) is 11.8. The number of fused-ring (bicyclic) bond motifs is 2. The summed E-state index contributed by atoms with van der Waals surface area (Å²) in [7, 11) is 0. The lowest BCUT2D eigenvalue weighted by Gasteiger charge is -2.50. The van der Waals surface area contributed by atoms with Crippen molar-refractivity contribution in [2.24, 2.45) is 11.7 Å². The topological polar surface area (TPSA) is 206 Å². The van der Waals surface area contributed by atoms with Crippen LogP contribution in [0.25, 0.3) is 0 Å². The van der Waals surface area contributed by atoms with Gasteiger partial charge in [-0.25, -0.2) is 9.59 Å². The molecule has 2 aliphatic heterocycles. The van der Waals surface area contributed by atoms with Gasteiger partial charge >= 0.3 is 17.9 Å². The van der Waals surface area contributed by atoms with Crippen molar-refractivity contribution in [1.82, 2.24) is 0 Å². The molecule has 8 atom stereocenters. The van der Waals surface area contributed by atoms with Crippen molar-refractivity contribution in [3.8, 4) is 0 Å². The maximum absolute atomic E-state index is 12.3. The van der Waals surface area contributed by atoms with E-state index >= 15 is 0 Å². The normalized spacial score (nSPS) is 34.4. The Morgan fingerprint density at radius 2 is 1.76 bits per heavy atom. The molecule has 12 heteroatoms. The number of carbonyl (C=O) groups excluding carboxylic acids is 1. The van der Waals surface area contributed by atoms with E-state index in [9.17, 15) is 39.9 Å². The largest absolute Gasteiger partial charge is 0.479 e. The van der Waals surface area contributed by atoms with E-state index < -0.39 is 65.9 Å². The van der Waals surface area contributed by atoms with Crippen molar-refractivity contribution in [3.05, 3.63) is 48.0 Å². The van der Waals surface area contributed by atoms with Gasteiger partial charge in [0.2, 0.25) is 11.2 Å². The number of ether oxygens (including phenoxy) is 3. The first kappa shape index (κ1) is 28.7. The van der Waals surface area contributed by atoms with Gasteiger partial charge in [0, 0.05) is 25.8 Å². The maximum atomic E-state index is 12.3. The SMILES string of the molecule is C=C(CC[C@]12O[C@H](CN)[C@@](O)(C(=O)O)[C@](C(=O)O)(O1)[C@H](O)[C@H]2O)C(OC(C)=O)C(C)Cc1ccccc1. The summed E-state index contributed by atoms with van der Waals surface area (Å²) in [6, 6.07) is 9.47. The minimum absolute atomic E-state index is 0.0423. The average molecular weight is 524 g/mol. The second-order valence-electron chi connectivity index (χ2n) is 9.61. The molecule has 0 aromatic heterocycles. The summed E-state index contributed by atoms with van der Waals surface area (Å²) in [6.07, 6.45) is -6.88. The lowest BCUT2D eigenvalue weighted by atomic mass is 9.74. The summed E-state index contributed by atoms with van der Waals surface area (Å²) in [4.78, 5) is 36.1. The van der Waals surface area contributed by atoms with E-state index in [1.54, 1.807) is 0 Å². The zero-order chi connectivity index (χ0) is 27.8. The van der Waals surface area contributed by atoms with E-state index in [-0.39, 0.29) is 18.8 Å². The predicted molar refractivity (Wildman–Crippen MR) is 126 cm³/mol. The van der Waals surface area contributed by atoms with Crippen LogP contribution in [0.1, 0.15) is 32.3 Å². The molecule has 3 rings (SSSR count). The van der Waals surface area contributed by atoms with E-state index in [4.69, 9.17) is 19.9 Å². The fourth-order valence-corrected chi connectivity index (χ4v) is 5.28. The minimum Gasteiger partial charge on any atom is -0.479 e. The lowest BCUT2D eigenvalue weighted by molar-refractivity contribution is -0.377. The highest BCUT2D eigenvalue weighted by molar-refractivity contribution is 5.93. The molecule has 2 fully saturated rings. The first-order valence-corrected chi connectivity index (χ1v) is 11.8. The maximum Gasteiger partial charge on any atom is 0.342 e. The summed E-state index contributed by atoms with van der Waals surface area (Å²) in [5.74, 6) is -7.08. The molecular weight excluding hydrogens is 490 g/mol. The molecule has 0 amide bonds. The molecular formula is C25H33NO11. The Morgan fingerprint density at radius 3 is 2.27 bits per heavy atom. The number of benzene rings is 1. The molecule has 12 nitrogen and oxygen atoms in total. The summed E-state index contributed by atoms with van der Waals surface area (Å²) in [6.45, 7) is 6.46. The number of aliphatic hydroxyl groups is 3. The standard InChI is InChI=1S/C25H33NO11/c1-13(18(35-15(3)27)14(2)11-16-7-5-4-6-8-16)9-10-23-19(28)20(29)25(37-23,22(32)33)24(34,21(30)31)17(12-26)36-23/h4-8,14,17-20,28-29,34H,1,9-12,26H2,2-3H3,(H,30,31)(H,32,33)/t14?,17-,18?,19-,20-,23+,24-,25+/m1/s1. The fourth-order valence-electron chi connectivity index (χ4n) is 5.28. The molecule has 2 bridgehead atoms. The van der Waals surface area contributed by atoms with E-state index in [1.807, 2.05) is 37.3 Å². The van der Waals surface area contributed by atoms with Crippen LogP contribution in [0, 0.1) is 5.92 Å². The van der Waals surface area contributed by atoms with Crippen LogP contribution in [0.3, 0.4) is 0 Å². The van der Waals surface area contributed by atoms with Crippen molar-refractivity contribution >= 4 is 17.9 Å². The predicted octanol–water partition coefficient (Wildman–Crippen LogP) is -0.422. The molecule has 0 saturated carbocycles. The third kappa shape index (κ3) is 4.65. The Hall–Kier alpha value is -2.87. The molecule has 2 saturated heterocycles. The summed E-state index contributed by atoms with van der Waals surface area (Å²) >= 11 is 0. The van der Waals surface area contributed by atoms with Gasteiger partial charge in [-0.05, 0) is 24.0 Å². The Balaban J connectivity index is 1.89. The van der Waals surface area contributed by atoms with Crippen LogP contribution in [0.4, 0.5) is 0 Å². The number of hydrogen-bond donors (Lipinski definition) is 6. The van der Waals surface area contributed by atoms with Gasteiger partial charge in [-0.2, -0.15) is 0 Å². The monoisotopic (exact) mass is 523 g/mol. The number of rotatable bonds is 11. The van der Waals surface area contributed by atoms with Crippen molar-refractivity contribution in [2.45, 2.75) is 74.5 Å². The van der Waals surface area contributed by atoms with Crippen molar-refractivity contribution in [3.63, 3.8) is 0 Å². The zero-order valence-corrected chi connectivity index (χ0v) is 20.6. The Kier molecular flexibility index (Phi) is 8.13. The van der Waals surface area contributed by atoms with Gasteiger partial charge in [-0.3, -0.25) is 4.79 Å². The highest BCUT2D eigenvalue weighted by Gasteiger charge is 2.83. The van der Waals surface area contributed by atoms with Gasteiger partial charge < -0.3 is 45.5 Å². The average Bonchev–Trinajstić information content (AvgIpc) is 3.04. The van der Waals surface area contributed by atoms with E-state index in [0.29, 0.717) is 12.0 Å². The number of carbonyl (C=O) groups is 3. The minimum atomic E-state index is -3.31. The van der Waals surface area contributed by atoms with Gasteiger partial charge in [-0.1, -0.05) is 43.8 Å². The van der Waals surface area contributed by atoms with Crippen LogP contribution < -0.4 is 5.73 Å². The molecule has 2 aliphatic rings. The zero-order valence-electron chi connectivity index (χ0n) is 20.6. The third-order valence-electron chi connectivity index (χ3n) is 7.14. The quantitative estimate of drug-likeness (QED) is 0.161. The highest BCUT2D eigenvalue weighted by Crippen LogP contribution is 2.54. The second-order valence-corrected chi connectivity index (χ2v) is 9.61. The van der Waals surface area contributed by atoms with E-state index in [1.165, 1.54) is 6.92 Å². The van der Waals surface area contributed by atoms with Gasteiger partial charge in [0.05, 0.1) is 0 Å². The fraction of sp³-hybridized carbons (Fsp3) is 0.560. The van der Waals surface area contributed by atoms with Gasteiger partial charge in [0.25, 0.3) is 0 Å². The number of carboxylic acid groups (broad SMARTS) is 2. The number of aliphatic carboxylic acids is 2. The van der Waals surface area contributed by atoms with Crippen LogP contribution in [0.5, 0.6) is 0 Å². The molecule has 2 heterocycles. The summed E-state index contributed by atoms with van der Waals surface area (Å²) < 4.78 is 16.6. The van der Waals surface area contributed by atoms with E-state index in [0.717, 1.165) is 5.56 Å². The Morgan fingerprint density at radius 1 is 1.14 bits per heavy atom. The third-order valence-corrected chi connectivity index (χ3v) is 7.14. The van der Waals surface area contributed by atoms with Crippen LogP contribution >= 0.6 is 0 Å². The van der Waals surface area contributed by atoms with Crippen LogP contribution in [-0.4, -0.2) is 91.4 Å². The van der Waals surface area contributed by atoms with Crippen molar-refractivity contribution < 1.29 is 54.1 Å². The Labute approximate surface area is 213 Å². The van der Waals surface area contributed by atoms with Crippen LogP contribution in [-0.2, 0) is 35.0 Å². The Bertz CT molecular complexity index is 1050.